The average molecular weight is 168 g/mol. The van der Waals surface area contributed by atoms with Crippen LogP contribution in [0.5, 0.6) is 0 Å². The monoisotopic (exact) mass is 168 g/mol. The fourth-order valence-electron chi connectivity index (χ4n) is 1.02. The van der Waals surface area contributed by atoms with E-state index in [-0.39, 0.29) is 6.61 Å². The first kappa shape index (κ1) is 6.82. The molecule has 2 aromatic rings. The van der Waals surface area contributed by atoms with Crippen LogP contribution >= 0.6 is 11.3 Å². The number of aliphatic hydroxyl groups excluding tert-OH is 1. The second-order valence-corrected chi connectivity index (χ2v) is 3.42. The third-order valence-corrected chi connectivity index (χ3v) is 2.63. The number of aromatic amines is 1. The van der Waals surface area contributed by atoms with Gasteiger partial charge in [-0.2, -0.15) is 0 Å². The Hall–Kier alpha value is -0.870. The molecule has 11 heavy (non-hydrogen) atoms. The molecule has 0 radical (unpaired) electrons. The van der Waals surface area contributed by atoms with E-state index in [1.807, 2.05) is 6.07 Å². The average Bonchev–Trinajstić information content (AvgIpc) is 2.46. The first-order chi connectivity index (χ1) is 5.40. The zero-order valence-corrected chi connectivity index (χ0v) is 6.69. The van der Waals surface area contributed by atoms with E-state index in [0.29, 0.717) is 0 Å². The van der Waals surface area contributed by atoms with Crippen LogP contribution in [-0.4, -0.2) is 21.7 Å². The first-order valence-electron chi connectivity index (χ1n) is 3.43. The van der Waals surface area contributed by atoms with Crippen LogP contribution in [0.3, 0.4) is 0 Å². The van der Waals surface area contributed by atoms with E-state index in [1.165, 1.54) is 4.88 Å². The number of hydrogen-bond acceptors (Lipinski definition) is 3. The summed E-state index contributed by atoms with van der Waals surface area (Å²) in [5, 5.41) is 8.66. The lowest BCUT2D eigenvalue weighted by Gasteiger charge is -1.86. The van der Waals surface area contributed by atoms with Gasteiger partial charge in [0.05, 0.1) is 11.8 Å². The predicted molar refractivity (Wildman–Crippen MR) is 44.8 cm³/mol. The molecular formula is C7H8N2OS. The van der Waals surface area contributed by atoms with E-state index < -0.39 is 0 Å². The zero-order valence-electron chi connectivity index (χ0n) is 5.87. The Bertz CT molecular complexity index is 323. The van der Waals surface area contributed by atoms with Crippen LogP contribution < -0.4 is 0 Å². The number of imidazole rings is 1. The van der Waals surface area contributed by atoms with Gasteiger partial charge < -0.3 is 10.1 Å². The molecule has 0 spiro atoms. The Labute approximate surface area is 67.7 Å². The largest absolute Gasteiger partial charge is 0.396 e. The Morgan fingerprint density at radius 1 is 1.64 bits per heavy atom. The quantitative estimate of drug-likeness (QED) is 0.707. The van der Waals surface area contributed by atoms with Crippen LogP contribution in [0, 0.1) is 0 Å². The van der Waals surface area contributed by atoms with Crippen molar-refractivity contribution in [3.63, 3.8) is 0 Å². The number of hydrogen-bond donors (Lipinski definition) is 2. The highest BCUT2D eigenvalue weighted by atomic mass is 32.1. The highest BCUT2D eigenvalue weighted by Gasteiger charge is 2.01. The summed E-state index contributed by atoms with van der Waals surface area (Å²) in [6.07, 6.45) is 2.42. The Kier molecular flexibility index (Phi) is 1.63. The minimum atomic E-state index is 0.211. The fourth-order valence-corrected chi connectivity index (χ4v) is 1.98. The smallest absolute Gasteiger partial charge is 0.141 e. The number of nitrogens with zero attached hydrogens (tertiary/aromatic N) is 1. The third kappa shape index (κ3) is 1.15. The van der Waals surface area contributed by atoms with E-state index in [4.69, 9.17) is 5.11 Å². The molecule has 0 aliphatic rings. The molecule has 0 saturated heterocycles. The number of thiophene rings is 1. The van der Waals surface area contributed by atoms with Crippen molar-refractivity contribution in [2.45, 2.75) is 6.42 Å². The minimum Gasteiger partial charge on any atom is -0.396 e. The Morgan fingerprint density at radius 3 is 3.27 bits per heavy atom. The topological polar surface area (TPSA) is 48.9 Å². The number of H-pyrrole nitrogens is 1. The predicted octanol–water partition coefficient (Wildman–Crippen LogP) is 1.16. The van der Waals surface area contributed by atoms with Crippen LogP contribution in [-0.2, 0) is 6.42 Å². The standard InChI is InChI=1S/C7H8N2OS/c10-2-1-5-3-6-7(11-5)9-4-8-6/h3-4,10H,1-2H2,(H,8,9). The van der Waals surface area contributed by atoms with Gasteiger partial charge in [0.15, 0.2) is 0 Å². The maximum Gasteiger partial charge on any atom is 0.141 e. The van der Waals surface area contributed by atoms with Gasteiger partial charge in [-0.3, -0.25) is 0 Å². The molecule has 0 atom stereocenters. The molecule has 0 amide bonds. The molecule has 3 nitrogen and oxygen atoms in total. The summed E-state index contributed by atoms with van der Waals surface area (Å²) in [5.74, 6) is 0. The summed E-state index contributed by atoms with van der Waals surface area (Å²) in [7, 11) is 0. The molecule has 0 aliphatic heterocycles. The van der Waals surface area contributed by atoms with Crippen molar-refractivity contribution in [3.05, 3.63) is 17.3 Å². The van der Waals surface area contributed by atoms with Gasteiger partial charge in [0.2, 0.25) is 0 Å². The molecule has 2 heterocycles. The molecule has 2 rings (SSSR count). The molecular weight excluding hydrogens is 160 g/mol. The second kappa shape index (κ2) is 2.64. The number of aromatic nitrogens is 2. The van der Waals surface area contributed by atoms with Crippen molar-refractivity contribution in [1.29, 1.82) is 0 Å². The van der Waals surface area contributed by atoms with Crippen molar-refractivity contribution >= 4 is 21.7 Å². The van der Waals surface area contributed by atoms with E-state index in [2.05, 4.69) is 9.97 Å². The van der Waals surface area contributed by atoms with Gasteiger partial charge >= 0.3 is 0 Å². The van der Waals surface area contributed by atoms with Gasteiger partial charge in [-0.1, -0.05) is 0 Å². The van der Waals surface area contributed by atoms with Crippen molar-refractivity contribution in [2.75, 3.05) is 6.61 Å². The fraction of sp³-hybridized carbons (Fsp3) is 0.286. The van der Waals surface area contributed by atoms with Gasteiger partial charge in [-0.25, -0.2) is 4.98 Å². The summed E-state index contributed by atoms with van der Waals surface area (Å²) < 4.78 is 0. The molecule has 0 unspecified atom stereocenters. The molecule has 2 N–H and O–H groups in total. The molecule has 2 aromatic heterocycles. The van der Waals surface area contributed by atoms with Crippen molar-refractivity contribution < 1.29 is 5.11 Å². The lowest BCUT2D eigenvalue weighted by atomic mass is 10.3. The summed E-state index contributed by atoms with van der Waals surface area (Å²) in [4.78, 5) is 9.32. The van der Waals surface area contributed by atoms with E-state index >= 15 is 0 Å². The summed E-state index contributed by atoms with van der Waals surface area (Å²) in [6, 6.07) is 2.03. The summed E-state index contributed by atoms with van der Waals surface area (Å²) in [5.41, 5.74) is 1.07. The second-order valence-electron chi connectivity index (χ2n) is 2.31. The van der Waals surface area contributed by atoms with Crippen molar-refractivity contribution in [2.24, 2.45) is 0 Å². The molecule has 0 fully saturated rings. The SMILES string of the molecule is OCCc1cc2[nH]cnc2s1. The van der Waals surface area contributed by atoms with E-state index in [0.717, 1.165) is 16.8 Å². The number of fused-ring (bicyclic) bond motifs is 1. The Balaban J connectivity index is 2.42. The minimum absolute atomic E-state index is 0.211. The summed E-state index contributed by atoms with van der Waals surface area (Å²) >= 11 is 1.63. The van der Waals surface area contributed by atoms with Crippen LogP contribution in [0.2, 0.25) is 0 Å². The molecule has 58 valence electrons. The van der Waals surface area contributed by atoms with E-state index in [1.54, 1.807) is 17.7 Å². The lowest BCUT2D eigenvalue weighted by molar-refractivity contribution is 0.300. The van der Waals surface area contributed by atoms with Gasteiger partial charge in [0.25, 0.3) is 0 Å². The van der Waals surface area contributed by atoms with E-state index in [9.17, 15) is 0 Å². The highest BCUT2D eigenvalue weighted by molar-refractivity contribution is 7.18. The Morgan fingerprint density at radius 2 is 2.55 bits per heavy atom. The molecule has 0 aromatic carbocycles. The van der Waals surface area contributed by atoms with Gasteiger partial charge in [-0.05, 0) is 6.07 Å². The van der Waals surface area contributed by atoms with Crippen LogP contribution in [0.15, 0.2) is 12.4 Å². The number of nitrogens with one attached hydrogen (secondary N) is 1. The summed E-state index contributed by atoms with van der Waals surface area (Å²) in [6.45, 7) is 0.211. The molecule has 0 saturated carbocycles. The van der Waals surface area contributed by atoms with Gasteiger partial charge in [-0.15, -0.1) is 11.3 Å². The molecule has 4 heteroatoms. The highest BCUT2D eigenvalue weighted by Crippen LogP contribution is 2.21. The number of rotatable bonds is 2. The van der Waals surface area contributed by atoms with Crippen LogP contribution in [0.4, 0.5) is 0 Å². The van der Waals surface area contributed by atoms with Crippen LogP contribution in [0.25, 0.3) is 10.3 Å². The third-order valence-electron chi connectivity index (χ3n) is 1.52. The number of aliphatic hydroxyl groups is 1. The lowest BCUT2D eigenvalue weighted by Crippen LogP contribution is -1.84. The molecule has 0 bridgehead atoms. The normalized spacial score (nSPS) is 11.0. The van der Waals surface area contributed by atoms with Crippen molar-refractivity contribution in [1.82, 2.24) is 9.97 Å². The van der Waals surface area contributed by atoms with Crippen molar-refractivity contribution in [3.8, 4) is 0 Å². The maximum absolute atomic E-state index is 8.66. The maximum atomic E-state index is 8.66. The van der Waals surface area contributed by atoms with Gasteiger partial charge in [0, 0.05) is 17.9 Å². The zero-order chi connectivity index (χ0) is 7.68. The van der Waals surface area contributed by atoms with Gasteiger partial charge in [0.1, 0.15) is 4.83 Å². The molecule has 0 aliphatic carbocycles. The van der Waals surface area contributed by atoms with Crippen LogP contribution in [0.1, 0.15) is 4.88 Å². The first-order valence-corrected chi connectivity index (χ1v) is 4.24.